The fourth-order valence-electron chi connectivity index (χ4n) is 0.755. The molecule has 1 unspecified atom stereocenters. The van der Waals surface area contributed by atoms with Crippen LogP contribution in [0.15, 0.2) is 0 Å². The van der Waals surface area contributed by atoms with Gasteiger partial charge in [0.15, 0.2) is 0 Å². The van der Waals surface area contributed by atoms with Crippen molar-refractivity contribution in [3.63, 3.8) is 0 Å². The average Bonchev–Trinajstić information content (AvgIpc) is 2.14. The maximum Gasteiger partial charge on any atom is 0.383 e. The quantitative estimate of drug-likeness (QED) is 0.702. The van der Waals surface area contributed by atoms with Crippen LogP contribution in [0.4, 0.5) is 17.6 Å². The summed E-state index contributed by atoms with van der Waals surface area (Å²) < 4.78 is 53.1. The van der Waals surface area contributed by atoms with Gasteiger partial charge in [-0.1, -0.05) is 0 Å². The second-order valence-electron chi connectivity index (χ2n) is 2.96. The Morgan fingerprint density at radius 2 is 2.00 bits per heavy atom. The van der Waals surface area contributed by atoms with Crippen molar-refractivity contribution in [2.24, 2.45) is 0 Å². The lowest BCUT2D eigenvalue weighted by Gasteiger charge is -2.18. The van der Waals surface area contributed by atoms with E-state index in [0.29, 0.717) is 6.61 Å². The molecular weight excluding hydrogens is 218 g/mol. The van der Waals surface area contributed by atoms with Gasteiger partial charge in [-0.15, -0.1) is 0 Å². The van der Waals surface area contributed by atoms with Crippen LogP contribution in [0, 0.1) is 0 Å². The number of halogens is 4. The molecule has 7 heteroatoms. The van der Waals surface area contributed by atoms with Gasteiger partial charge in [0.1, 0.15) is 0 Å². The summed E-state index contributed by atoms with van der Waals surface area (Å²) in [7, 11) is 0. The molecule has 90 valence electrons. The predicted octanol–water partition coefficient (Wildman–Crippen LogP) is 1.43. The van der Waals surface area contributed by atoms with E-state index < -0.39 is 24.3 Å². The number of nitrogens with one attached hydrogen (secondary N) is 1. The van der Waals surface area contributed by atoms with E-state index >= 15 is 0 Å². The van der Waals surface area contributed by atoms with Gasteiger partial charge in [-0.05, 0) is 13.8 Å². The molecule has 0 radical (unpaired) electrons. The van der Waals surface area contributed by atoms with E-state index in [0.717, 1.165) is 0 Å². The molecule has 0 heterocycles. The van der Waals surface area contributed by atoms with Crippen LogP contribution in [0.25, 0.3) is 0 Å². The van der Waals surface area contributed by atoms with Crippen molar-refractivity contribution in [2.45, 2.75) is 32.2 Å². The van der Waals surface area contributed by atoms with Gasteiger partial charge in [0, 0.05) is 12.6 Å². The number of carbonyl (C=O) groups is 1. The number of hydrogen-bond donors (Lipinski definition) is 1. The molecule has 1 N–H and O–H groups in total. The molecule has 0 saturated carbocycles. The van der Waals surface area contributed by atoms with E-state index in [9.17, 15) is 22.4 Å². The molecule has 3 nitrogen and oxygen atoms in total. The maximum atomic E-state index is 12.4. The van der Waals surface area contributed by atoms with Gasteiger partial charge < -0.3 is 10.1 Å². The maximum absolute atomic E-state index is 12.4. The Kier molecular flexibility index (Phi) is 5.56. The highest BCUT2D eigenvalue weighted by Gasteiger charge is 2.49. The molecule has 0 aliphatic heterocycles. The fourth-order valence-corrected chi connectivity index (χ4v) is 0.755. The van der Waals surface area contributed by atoms with E-state index in [1.807, 2.05) is 0 Å². The Balaban J connectivity index is 4.12. The molecule has 0 fully saturated rings. The van der Waals surface area contributed by atoms with Crippen molar-refractivity contribution in [1.82, 2.24) is 5.32 Å². The predicted molar refractivity (Wildman–Crippen MR) is 45.0 cm³/mol. The van der Waals surface area contributed by atoms with Crippen LogP contribution < -0.4 is 5.32 Å². The minimum atomic E-state index is -4.65. The number of ether oxygens (including phenoxy) is 1. The highest BCUT2D eigenvalue weighted by atomic mass is 19.3. The van der Waals surface area contributed by atoms with Crippen molar-refractivity contribution in [2.75, 3.05) is 13.2 Å². The first-order chi connectivity index (χ1) is 6.82. The van der Waals surface area contributed by atoms with Gasteiger partial charge in [-0.2, -0.15) is 8.78 Å². The third-order valence-corrected chi connectivity index (χ3v) is 1.53. The highest BCUT2D eigenvalue weighted by molar-refractivity contribution is 5.84. The van der Waals surface area contributed by atoms with Gasteiger partial charge >= 0.3 is 12.3 Å². The van der Waals surface area contributed by atoms with Crippen LogP contribution in [0.2, 0.25) is 0 Å². The first-order valence-corrected chi connectivity index (χ1v) is 4.37. The molecule has 0 aromatic carbocycles. The fraction of sp³-hybridized carbons (Fsp3) is 0.875. The molecular formula is C8H13F4NO2. The lowest BCUT2D eigenvalue weighted by atomic mass is 10.3. The normalized spacial score (nSPS) is 14.1. The molecule has 0 saturated heterocycles. The number of alkyl halides is 4. The first kappa shape index (κ1) is 14.2. The zero-order valence-corrected chi connectivity index (χ0v) is 8.40. The van der Waals surface area contributed by atoms with E-state index in [2.05, 4.69) is 0 Å². The molecule has 0 aromatic heterocycles. The van der Waals surface area contributed by atoms with E-state index in [4.69, 9.17) is 4.74 Å². The Hall–Kier alpha value is -0.850. The molecule has 0 spiro atoms. The van der Waals surface area contributed by atoms with Crippen LogP contribution in [-0.4, -0.2) is 37.5 Å². The van der Waals surface area contributed by atoms with Crippen LogP contribution in [-0.2, 0) is 9.53 Å². The van der Waals surface area contributed by atoms with E-state index in [-0.39, 0.29) is 6.61 Å². The minimum absolute atomic E-state index is 0.00155. The smallest absolute Gasteiger partial charge is 0.380 e. The third kappa shape index (κ3) is 4.46. The molecule has 1 amide bonds. The Labute approximate surface area is 84.8 Å². The second-order valence-corrected chi connectivity index (χ2v) is 2.96. The standard InChI is InChI=1S/C8H13F4NO2/c1-3-15-4-5(2)13-7(14)8(11,12)6(9)10/h5-6H,3-4H2,1-2H3,(H,13,14). The van der Waals surface area contributed by atoms with Crippen molar-refractivity contribution in [3.8, 4) is 0 Å². The largest absolute Gasteiger partial charge is 0.383 e. The summed E-state index contributed by atoms with van der Waals surface area (Å²) in [5.41, 5.74) is 0. The Morgan fingerprint density at radius 1 is 1.47 bits per heavy atom. The van der Waals surface area contributed by atoms with Gasteiger partial charge in [0.05, 0.1) is 6.61 Å². The molecule has 15 heavy (non-hydrogen) atoms. The topological polar surface area (TPSA) is 38.3 Å². The zero-order valence-electron chi connectivity index (χ0n) is 8.40. The lowest BCUT2D eigenvalue weighted by Crippen LogP contribution is -2.49. The van der Waals surface area contributed by atoms with Crippen molar-refractivity contribution < 1.29 is 27.1 Å². The van der Waals surface area contributed by atoms with Crippen molar-refractivity contribution >= 4 is 5.91 Å². The first-order valence-electron chi connectivity index (χ1n) is 4.37. The molecule has 0 aliphatic carbocycles. The monoisotopic (exact) mass is 231 g/mol. The average molecular weight is 231 g/mol. The molecule has 0 rings (SSSR count). The van der Waals surface area contributed by atoms with Crippen LogP contribution in [0.3, 0.4) is 0 Å². The van der Waals surface area contributed by atoms with Gasteiger partial charge in [-0.3, -0.25) is 4.79 Å². The summed E-state index contributed by atoms with van der Waals surface area (Å²) in [6.45, 7) is 3.42. The van der Waals surface area contributed by atoms with Gasteiger partial charge in [-0.25, -0.2) is 8.78 Å². The number of hydrogen-bond acceptors (Lipinski definition) is 2. The lowest BCUT2D eigenvalue weighted by molar-refractivity contribution is -0.170. The highest BCUT2D eigenvalue weighted by Crippen LogP contribution is 2.22. The van der Waals surface area contributed by atoms with Crippen LogP contribution in [0.5, 0.6) is 0 Å². The second kappa shape index (κ2) is 5.89. The summed E-state index contributed by atoms with van der Waals surface area (Å²) >= 11 is 0. The van der Waals surface area contributed by atoms with E-state index in [1.54, 1.807) is 12.2 Å². The SMILES string of the molecule is CCOCC(C)NC(=O)C(F)(F)C(F)F. The summed E-state index contributed by atoms with van der Waals surface area (Å²) in [5, 5.41) is 1.74. The minimum Gasteiger partial charge on any atom is -0.380 e. The number of carbonyl (C=O) groups excluding carboxylic acids is 1. The third-order valence-electron chi connectivity index (χ3n) is 1.53. The van der Waals surface area contributed by atoms with E-state index in [1.165, 1.54) is 6.92 Å². The molecule has 0 aromatic rings. The number of rotatable bonds is 6. The van der Waals surface area contributed by atoms with Gasteiger partial charge in [0.2, 0.25) is 0 Å². The Bertz CT molecular complexity index is 211. The summed E-state index contributed by atoms with van der Waals surface area (Å²) in [6, 6.07) is -0.734. The molecule has 0 bridgehead atoms. The summed E-state index contributed by atoms with van der Waals surface area (Å²) in [5.74, 6) is -6.63. The van der Waals surface area contributed by atoms with Crippen molar-refractivity contribution in [3.05, 3.63) is 0 Å². The zero-order chi connectivity index (χ0) is 12.1. The summed E-state index contributed by atoms with van der Waals surface area (Å²) in [4.78, 5) is 10.7. The molecule has 0 aliphatic rings. The van der Waals surface area contributed by atoms with Crippen LogP contribution >= 0.6 is 0 Å². The Morgan fingerprint density at radius 3 is 2.40 bits per heavy atom. The molecule has 1 atom stereocenters. The summed E-state index contributed by atoms with van der Waals surface area (Å²) in [6.07, 6.45) is -4.00. The van der Waals surface area contributed by atoms with Crippen LogP contribution in [0.1, 0.15) is 13.8 Å². The van der Waals surface area contributed by atoms with Gasteiger partial charge in [0.25, 0.3) is 5.91 Å². The number of amides is 1. The van der Waals surface area contributed by atoms with Crippen molar-refractivity contribution in [1.29, 1.82) is 0 Å².